The fourth-order valence-electron chi connectivity index (χ4n) is 0.868. The molecule has 4 nitrogen and oxygen atoms in total. The number of phenols is 1. The Balaban J connectivity index is 3.39. The lowest BCUT2D eigenvalue weighted by Gasteiger charge is -2.01. The molecule has 12 heavy (non-hydrogen) atoms. The van der Waals surface area contributed by atoms with Gasteiger partial charge in [0, 0.05) is 0 Å². The van der Waals surface area contributed by atoms with E-state index in [0.29, 0.717) is 0 Å². The molecule has 0 spiro atoms. The molecule has 1 rings (SSSR count). The van der Waals surface area contributed by atoms with Crippen LogP contribution in [-0.2, 0) is 10.0 Å². The van der Waals surface area contributed by atoms with Gasteiger partial charge in [-0.25, -0.2) is 13.6 Å². The van der Waals surface area contributed by atoms with Crippen LogP contribution in [0.5, 0.6) is 5.75 Å². The van der Waals surface area contributed by atoms with Crippen molar-refractivity contribution in [3.05, 3.63) is 23.8 Å². The van der Waals surface area contributed by atoms with Crippen LogP contribution < -0.4 is 5.14 Å². The first-order chi connectivity index (χ1) is 5.41. The van der Waals surface area contributed by atoms with E-state index in [4.69, 9.17) is 10.2 Å². The van der Waals surface area contributed by atoms with Crippen molar-refractivity contribution in [2.45, 2.75) is 11.8 Å². The van der Waals surface area contributed by atoms with Crippen molar-refractivity contribution in [2.24, 2.45) is 5.14 Å². The summed E-state index contributed by atoms with van der Waals surface area (Å²) in [5, 5.41) is 14.0. The van der Waals surface area contributed by atoms with Gasteiger partial charge in [-0.3, -0.25) is 0 Å². The number of aromatic hydroxyl groups is 1. The summed E-state index contributed by atoms with van der Waals surface area (Å²) in [6, 6.07) is 4.19. The molecular weight excluding hydrogens is 178 g/mol. The molecule has 1 aromatic carbocycles. The summed E-state index contributed by atoms with van der Waals surface area (Å²) < 4.78 is 21.6. The molecule has 0 bridgehead atoms. The zero-order valence-electron chi connectivity index (χ0n) is 6.48. The largest absolute Gasteiger partial charge is 0.507 e. The average molecular weight is 187 g/mol. The number of benzene rings is 1. The Morgan fingerprint density at radius 1 is 1.42 bits per heavy atom. The van der Waals surface area contributed by atoms with E-state index in [0.717, 1.165) is 5.56 Å². The van der Waals surface area contributed by atoms with Crippen LogP contribution in [0.2, 0.25) is 0 Å². The molecule has 0 heterocycles. The number of rotatable bonds is 1. The average Bonchev–Trinajstić information content (AvgIpc) is 1.83. The Bertz CT molecular complexity index is 397. The predicted octanol–water partition coefficient (Wildman–Crippen LogP) is 0.348. The van der Waals surface area contributed by atoms with E-state index in [1.54, 1.807) is 13.0 Å². The van der Waals surface area contributed by atoms with Crippen LogP contribution >= 0.6 is 0 Å². The summed E-state index contributed by atoms with van der Waals surface area (Å²) in [5.74, 6) is -0.308. The van der Waals surface area contributed by atoms with Gasteiger partial charge in [0.2, 0.25) is 10.0 Å². The highest BCUT2D eigenvalue weighted by Gasteiger charge is 2.12. The number of sulfonamides is 1. The zero-order valence-corrected chi connectivity index (χ0v) is 7.30. The molecule has 3 N–H and O–H groups in total. The number of aryl methyl sites for hydroxylation is 1. The summed E-state index contributed by atoms with van der Waals surface area (Å²) >= 11 is 0. The third kappa shape index (κ3) is 1.75. The van der Waals surface area contributed by atoms with Crippen molar-refractivity contribution >= 4 is 10.0 Å². The molecule has 0 aliphatic carbocycles. The molecule has 0 saturated carbocycles. The van der Waals surface area contributed by atoms with Gasteiger partial charge in [0.05, 0.1) is 0 Å². The Hall–Kier alpha value is -1.07. The third-order valence-electron chi connectivity index (χ3n) is 1.42. The lowest BCUT2D eigenvalue weighted by Crippen LogP contribution is -2.12. The minimum atomic E-state index is -3.80. The molecule has 66 valence electrons. The molecule has 0 amide bonds. The van der Waals surface area contributed by atoms with E-state index >= 15 is 0 Å². The lowest BCUT2D eigenvalue weighted by molar-refractivity contribution is 0.458. The summed E-state index contributed by atoms with van der Waals surface area (Å²) in [7, 11) is -3.80. The number of nitrogens with two attached hydrogens (primary N) is 1. The first kappa shape index (κ1) is 9.02. The first-order valence-electron chi connectivity index (χ1n) is 3.23. The Kier molecular flexibility index (Phi) is 2.08. The maximum atomic E-state index is 10.8. The molecular formula is C7H9NO3S. The molecule has 5 heteroatoms. The Labute approximate surface area is 70.7 Å². The number of hydrogen-bond acceptors (Lipinski definition) is 3. The van der Waals surface area contributed by atoms with Gasteiger partial charge < -0.3 is 5.11 Å². The van der Waals surface area contributed by atoms with E-state index in [1.165, 1.54) is 12.1 Å². The standard InChI is InChI=1S/C7H9NO3S/c1-5-2-3-7(6(9)4-5)12(8,10)11/h2-4,9H,1H3,(H2,8,10,11). The van der Waals surface area contributed by atoms with Crippen LogP contribution in [0.1, 0.15) is 5.56 Å². The summed E-state index contributed by atoms with van der Waals surface area (Å²) in [6.45, 7) is 1.74. The maximum absolute atomic E-state index is 10.8. The second kappa shape index (κ2) is 2.76. The quantitative estimate of drug-likeness (QED) is 0.665. The molecule has 1 aromatic rings. The second-order valence-corrected chi connectivity index (χ2v) is 4.05. The minimum absolute atomic E-state index is 0.242. The van der Waals surface area contributed by atoms with Crippen molar-refractivity contribution < 1.29 is 13.5 Å². The molecule has 0 unspecified atom stereocenters. The van der Waals surface area contributed by atoms with E-state index in [-0.39, 0.29) is 10.6 Å². The third-order valence-corrected chi connectivity index (χ3v) is 2.38. The summed E-state index contributed by atoms with van der Waals surface area (Å²) in [5.41, 5.74) is 0.778. The van der Waals surface area contributed by atoms with Crippen molar-refractivity contribution in [2.75, 3.05) is 0 Å². The molecule has 0 saturated heterocycles. The van der Waals surface area contributed by atoms with Gasteiger partial charge in [-0.1, -0.05) is 6.07 Å². The first-order valence-corrected chi connectivity index (χ1v) is 4.78. The zero-order chi connectivity index (χ0) is 9.35. The number of phenolic OH excluding ortho intramolecular Hbond substituents is 1. The normalized spacial score (nSPS) is 11.5. The van der Waals surface area contributed by atoms with E-state index < -0.39 is 10.0 Å². The smallest absolute Gasteiger partial charge is 0.241 e. The lowest BCUT2D eigenvalue weighted by atomic mass is 10.2. The molecule has 0 aromatic heterocycles. The SMILES string of the molecule is Cc1ccc(S(N)(=O)=O)c(O)c1. The van der Waals surface area contributed by atoms with Gasteiger partial charge in [-0.05, 0) is 24.6 Å². The molecule has 0 aliphatic rings. The van der Waals surface area contributed by atoms with Gasteiger partial charge in [0.15, 0.2) is 0 Å². The van der Waals surface area contributed by atoms with Crippen molar-refractivity contribution in [3.63, 3.8) is 0 Å². The monoisotopic (exact) mass is 187 g/mol. The van der Waals surface area contributed by atoms with Crippen molar-refractivity contribution in [1.82, 2.24) is 0 Å². The number of hydrogen-bond donors (Lipinski definition) is 2. The topological polar surface area (TPSA) is 80.4 Å². The highest BCUT2D eigenvalue weighted by molar-refractivity contribution is 7.89. The Morgan fingerprint density at radius 2 is 2.00 bits per heavy atom. The van der Waals surface area contributed by atoms with Crippen LogP contribution in [0.3, 0.4) is 0 Å². The van der Waals surface area contributed by atoms with Gasteiger partial charge in [-0.2, -0.15) is 0 Å². The summed E-state index contributed by atoms with van der Waals surface area (Å²) in [4.78, 5) is -0.242. The van der Waals surface area contributed by atoms with E-state index in [2.05, 4.69) is 0 Å². The fourth-order valence-corrected chi connectivity index (χ4v) is 1.48. The molecule has 0 atom stereocenters. The van der Waals surface area contributed by atoms with Gasteiger partial charge in [-0.15, -0.1) is 0 Å². The van der Waals surface area contributed by atoms with E-state index in [9.17, 15) is 8.42 Å². The van der Waals surface area contributed by atoms with E-state index in [1.807, 2.05) is 0 Å². The van der Waals surface area contributed by atoms with Crippen molar-refractivity contribution in [3.8, 4) is 5.75 Å². The second-order valence-electron chi connectivity index (χ2n) is 2.52. The summed E-state index contributed by atoms with van der Waals surface area (Å²) in [6.07, 6.45) is 0. The van der Waals surface area contributed by atoms with Crippen LogP contribution in [-0.4, -0.2) is 13.5 Å². The number of primary sulfonamides is 1. The molecule has 0 fully saturated rings. The van der Waals surface area contributed by atoms with Gasteiger partial charge in [0.1, 0.15) is 10.6 Å². The van der Waals surface area contributed by atoms with Crippen LogP contribution in [0, 0.1) is 6.92 Å². The predicted molar refractivity (Wildman–Crippen MR) is 44.2 cm³/mol. The Morgan fingerprint density at radius 3 is 2.42 bits per heavy atom. The fraction of sp³-hybridized carbons (Fsp3) is 0.143. The van der Waals surface area contributed by atoms with Crippen molar-refractivity contribution in [1.29, 1.82) is 0 Å². The highest BCUT2D eigenvalue weighted by atomic mass is 32.2. The maximum Gasteiger partial charge on any atom is 0.241 e. The van der Waals surface area contributed by atoms with Crippen LogP contribution in [0.4, 0.5) is 0 Å². The van der Waals surface area contributed by atoms with Gasteiger partial charge >= 0.3 is 0 Å². The minimum Gasteiger partial charge on any atom is -0.507 e. The molecule has 0 radical (unpaired) electrons. The van der Waals surface area contributed by atoms with Gasteiger partial charge in [0.25, 0.3) is 0 Å². The highest BCUT2D eigenvalue weighted by Crippen LogP contribution is 2.21. The van der Waals surface area contributed by atoms with Crippen LogP contribution in [0.25, 0.3) is 0 Å². The van der Waals surface area contributed by atoms with Crippen LogP contribution in [0.15, 0.2) is 23.1 Å². The molecule has 0 aliphatic heterocycles.